The summed E-state index contributed by atoms with van der Waals surface area (Å²) in [6.45, 7) is 3.70. The number of hydrogen-bond donors (Lipinski definition) is 0. The van der Waals surface area contributed by atoms with Crippen molar-refractivity contribution in [2.75, 3.05) is 0 Å². The van der Waals surface area contributed by atoms with Crippen LogP contribution in [0.5, 0.6) is 0 Å². The van der Waals surface area contributed by atoms with E-state index in [1.165, 1.54) is 11.9 Å². The lowest BCUT2D eigenvalue weighted by molar-refractivity contribution is 1.16. The van der Waals surface area contributed by atoms with Crippen LogP contribution in [0.3, 0.4) is 0 Å². The zero-order valence-corrected chi connectivity index (χ0v) is 7.14. The number of rotatable bonds is 2. The number of nitrogens with zero attached hydrogens (tertiary/aromatic N) is 3. The Labute approximate surface area is 76.2 Å². The van der Waals surface area contributed by atoms with E-state index in [9.17, 15) is 0 Å². The average molecular weight is 171 g/mol. The van der Waals surface area contributed by atoms with E-state index >= 15 is 0 Å². The van der Waals surface area contributed by atoms with Gasteiger partial charge in [-0.05, 0) is 18.1 Å². The lowest BCUT2D eigenvalue weighted by Crippen LogP contribution is -1.90. The monoisotopic (exact) mass is 171 g/mol. The first-order valence-corrected chi connectivity index (χ1v) is 4.06. The van der Waals surface area contributed by atoms with Crippen molar-refractivity contribution >= 4 is 11.0 Å². The van der Waals surface area contributed by atoms with E-state index in [1.54, 1.807) is 12.4 Å². The molecule has 0 aliphatic heterocycles. The smallest absolute Gasteiger partial charge is 0.162 e. The molecule has 0 N–H and O–H groups in total. The van der Waals surface area contributed by atoms with Gasteiger partial charge >= 0.3 is 0 Å². The van der Waals surface area contributed by atoms with Gasteiger partial charge in [-0.25, -0.2) is 15.0 Å². The van der Waals surface area contributed by atoms with Gasteiger partial charge in [0.05, 0.1) is 0 Å². The first kappa shape index (κ1) is 7.86. The van der Waals surface area contributed by atoms with Gasteiger partial charge in [0.1, 0.15) is 6.33 Å². The zero-order valence-electron chi connectivity index (χ0n) is 7.14. The second-order valence-electron chi connectivity index (χ2n) is 2.72. The van der Waals surface area contributed by atoms with Crippen LogP contribution in [-0.4, -0.2) is 15.0 Å². The van der Waals surface area contributed by atoms with E-state index in [1.807, 2.05) is 12.1 Å². The fraction of sp³-hybridized carbons (Fsp3) is 0.100. The molecule has 13 heavy (non-hydrogen) atoms. The van der Waals surface area contributed by atoms with Crippen molar-refractivity contribution in [3.05, 3.63) is 43.0 Å². The third-order valence-electron chi connectivity index (χ3n) is 1.87. The summed E-state index contributed by atoms with van der Waals surface area (Å²) < 4.78 is 0. The fourth-order valence-corrected chi connectivity index (χ4v) is 1.27. The van der Waals surface area contributed by atoms with Crippen LogP contribution in [-0.2, 0) is 6.42 Å². The van der Waals surface area contributed by atoms with Crippen molar-refractivity contribution in [3.63, 3.8) is 0 Å². The maximum absolute atomic E-state index is 4.14. The summed E-state index contributed by atoms with van der Waals surface area (Å²) in [5.74, 6) is 0. The fourth-order valence-electron chi connectivity index (χ4n) is 1.27. The average Bonchev–Trinajstić information content (AvgIpc) is 2.19. The molecule has 0 radical (unpaired) electrons. The third kappa shape index (κ3) is 1.40. The molecule has 0 aliphatic carbocycles. The first-order chi connectivity index (χ1) is 6.42. The topological polar surface area (TPSA) is 38.7 Å². The second-order valence-corrected chi connectivity index (χ2v) is 2.72. The molecule has 0 aliphatic rings. The minimum Gasteiger partial charge on any atom is -0.244 e. The molecule has 0 unspecified atom stereocenters. The van der Waals surface area contributed by atoms with Crippen LogP contribution in [0.1, 0.15) is 5.56 Å². The molecule has 64 valence electrons. The van der Waals surface area contributed by atoms with Gasteiger partial charge < -0.3 is 0 Å². The molecule has 0 atom stereocenters. The van der Waals surface area contributed by atoms with Gasteiger partial charge in [0.2, 0.25) is 0 Å². The Kier molecular flexibility index (Phi) is 2.00. The molecule has 3 nitrogen and oxygen atoms in total. The molecule has 0 saturated heterocycles. The molecule has 0 spiro atoms. The Bertz CT molecular complexity index is 432. The minimum absolute atomic E-state index is 0.745. The highest BCUT2D eigenvalue weighted by molar-refractivity contribution is 5.77. The van der Waals surface area contributed by atoms with E-state index in [0.717, 1.165) is 17.5 Å². The Morgan fingerprint density at radius 2 is 2.31 bits per heavy atom. The first-order valence-electron chi connectivity index (χ1n) is 4.06. The maximum Gasteiger partial charge on any atom is 0.162 e. The van der Waals surface area contributed by atoms with Crippen molar-refractivity contribution in [1.82, 2.24) is 15.0 Å². The zero-order chi connectivity index (χ0) is 9.10. The van der Waals surface area contributed by atoms with Crippen molar-refractivity contribution in [2.45, 2.75) is 6.42 Å². The number of allylic oxidation sites excluding steroid dienone is 1. The molecule has 0 bridgehead atoms. The van der Waals surface area contributed by atoms with E-state index in [-0.39, 0.29) is 0 Å². The largest absolute Gasteiger partial charge is 0.244 e. The van der Waals surface area contributed by atoms with Crippen molar-refractivity contribution in [3.8, 4) is 0 Å². The number of aromatic nitrogens is 3. The van der Waals surface area contributed by atoms with Gasteiger partial charge in [-0.1, -0.05) is 6.08 Å². The summed E-state index contributed by atoms with van der Waals surface area (Å²) in [5.41, 5.74) is 1.91. The van der Waals surface area contributed by atoms with Crippen LogP contribution in [0.4, 0.5) is 0 Å². The molecule has 0 aromatic carbocycles. The molecule has 3 heteroatoms. The number of fused-ring (bicyclic) bond motifs is 1. The van der Waals surface area contributed by atoms with Gasteiger partial charge in [0, 0.05) is 17.8 Å². The molecule has 2 rings (SSSR count). The van der Waals surface area contributed by atoms with Crippen LogP contribution in [0.2, 0.25) is 0 Å². The Balaban J connectivity index is 2.68. The van der Waals surface area contributed by atoms with Gasteiger partial charge in [-0.2, -0.15) is 0 Å². The summed E-state index contributed by atoms with van der Waals surface area (Å²) in [6.07, 6.45) is 7.74. The Hall–Kier alpha value is -1.77. The standard InChI is InChI=1S/C10H9N3/c1-2-3-8-4-5-12-10-9(8)6-11-7-13-10/h2,4-7H,1,3H2. The SMILES string of the molecule is C=CCc1ccnc2ncncc12. The predicted octanol–water partition coefficient (Wildman–Crippen LogP) is 1.75. The van der Waals surface area contributed by atoms with E-state index < -0.39 is 0 Å². The lowest BCUT2D eigenvalue weighted by Gasteiger charge is -2.00. The summed E-state index contributed by atoms with van der Waals surface area (Å²) in [4.78, 5) is 12.2. The third-order valence-corrected chi connectivity index (χ3v) is 1.87. The quantitative estimate of drug-likeness (QED) is 0.646. The molecule has 0 amide bonds. The second kappa shape index (κ2) is 3.31. The molecule has 2 aromatic rings. The van der Waals surface area contributed by atoms with Crippen LogP contribution >= 0.6 is 0 Å². The Morgan fingerprint density at radius 3 is 3.15 bits per heavy atom. The van der Waals surface area contributed by atoms with E-state index in [2.05, 4.69) is 21.5 Å². The molecule has 0 fully saturated rings. The summed E-state index contributed by atoms with van der Waals surface area (Å²) >= 11 is 0. The van der Waals surface area contributed by atoms with E-state index in [4.69, 9.17) is 0 Å². The van der Waals surface area contributed by atoms with Gasteiger partial charge in [-0.15, -0.1) is 6.58 Å². The molecular formula is C10H9N3. The van der Waals surface area contributed by atoms with E-state index in [0.29, 0.717) is 0 Å². The molecular weight excluding hydrogens is 162 g/mol. The van der Waals surface area contributed by atoms with Crippen molar-refractivity contribution in [2.24, 2.45) is 0 Å². The van der Waals surface area contributed by atoms with Crippen LogP contribution in [0.15, 0.2) is 37.4 Å². The van der Waals surface area contributed by atoms with Gasteiger partial charge in [-0.3, -0.25) is 0 Å². The van der Waals surface area contributed by atoms with Crippen LogP contribution in [0, 0.1) is 0 Å². The minimum atomic E-state index is 0.745. The number of hydrogen-bond acceptors (Lipinski definition) is 3. The normalized spacial score (nSPS) is 10.2. The molecule has 0 saturated carbocycles. The highest BCUT2D eigenvalue weighted by Gasteiger charge is 1.99. The molecule has 2 heterocycles. The summed E-state index contributed by atoms with van der Waals surface area (Å²) in [6, 6.07) is 1.97. The summed E-state index contributed by atoms with van der Waals surface area (Å²) in [7, 11) is 0. The summed E-state index contributed by atoms with van der Waals surface area (Å²) in [5, 5.41) is 1.00. The van der Waals surface area contributed by atoms with Gasteiger partial charge in [0.25, 0.3) is 0 Å². The van der Waals surface area contributed by atoms with Crippen LogP contribution in [0.25, 0.3) is 11.0 Å². The van der Waals surface area contributed by atoms with Crippen molar-refractivity contribution in [1.29, 1.82) is 0 Å². The molecule has 2 aromatic heterocycles. The highest BCUT2D eigenvalue weighted by atomic mass is 14.9. The number of pyridine rings is 1. The highest BCUT2D eigenvalue weighted by Crippen LogP contribution is 2.13. The lowest BCUT2D eigenvalue weighted by atomic mass is 10.1. The Morgan fingerprint density at radius 1 is 1.38 bits per heavy atom. The maximum atomic E-state index is 4.14. The predicted molar refractivity (Wildman–Crippen MR) is 51.2 cm³/mol. The van der Waals surface area contributed by atoms with Crippen molar-refractivity contribution < 1.29 is 0 Å². The van der Waals surface area contributed by atoms with Crippen LogP contribution < -0.4 is 0 Å². The van der Waals surface area contributed by atoms with Gasteiger partial charge in [0.15, 0.2) is 5.65 Å².